The smallest absolute Gasteiger partial charge is 0.387 e. The molecule has 3 rings (SSSR count). The fraction of sp³-hybridized carbons (Fsp3) is 0.118. The summed E-state index contributed by atoms with van der Waals surface area (Å²) in [7, 11) is 1.30. The van der Waals surface area contributed by atoms with Gasteiger partial charge in [-0.1, -0.05) is 23.2 Å². The summed E-state index contributed by atoms with van der Waals surface area (Å²) in [5.41, 5.74) is 2.14. The highest BCUT2D eigenvalue weighted by atomic mass is 35.5. The van der Waals surface area contributed by atoms with Gasteiger partial charge in [0.2, 0.25) is 0 Å². The first-order chi connectivity index (χ1) is 11.9. The van der Waals surface area contributed by atoms with Crippen molar-refractivity contribution in [1.29, 1.82) is 0 Å². The quantitative estimate of drug-likeness (QED) is 0.745. The summed E-state index contributed by atoms with van der Waals surface area (Å²) in [4.78, 5) is 12.2. The molecule has 4 nitrogen and oxygen atoms in total. The zero-order valence-electron chi connectivity index (χ0n) is 12.8. The Hall–Kier alpha value is -2.31. The lowest BCUT2D eigenvalue weighted by molar-refractivity contribution is -0.110. The molecule has 0 unspecified atom stereocenters. The van der Waals surface area contributed by atoms with Crippen molar-refractivity contribution < 1.29 is 23.0 Å². The fourth-order valence-electron chi connectivity index (χ4n) is 2.50. The van der Waals surface area contributed by atoms with Crippen LogP contribution in [0.5, 0.6) is 11.5 Å². The lowest BCUT2D eigenvalue weighted by atomic mass is 10.0. The van der Waals surface area contributed by atoms with Crippen LogP contribution in [0.2, 0.25) is 10.0 Å². The molecule has 0 fully saturated rings. The van der Waals surface area contributed by atoms with Gasteiger partial charge >= 0.3 is 6.61 Å². The molecule has 0 aromatic heterocycles. The largest absolute Gasteiger partial charge is 0.493 e. The van der Waals surface area contributed by atoms with Crippen LogP contribution in [0.3, 0.4) is 0 Å². The van der Waals surface area contributed by atoms with Crippen molar-refractivity contribution in [1.82, 2.24) is 0 Å². The number of benzene rings is 2. The zero-order chi connectivity index (χ0) is 18.1. The maximum atomic E-state index is 12.5. The van der Waals surface area contributed by atoms with E-state index in [0.29, 0.717) is 27.4 Å². The molecule has 0 atom stereocenters. The van der Waals surface area contributed by atoms with E-state index in [1.165, 1.54) is 19.2 Å². The minimum absolute atomic E-state index is 0.0318. The molecule has 0 saturated heterocycles. The lowest BCUT2D eigenvalue weighted by Crippen LogP contribution is -2.05. The third-order valence-corrected chi connectivity index (χ3v) is 4.05. The topological polar surface area (TPSA) is 47.6 Å². The maximum absolute atomic E-state index is 12.5. The molecule has 1 aliphatic heterocycles. The fourth-order valence-corrected chi connectivity index (χ4v) is 2.93. The van der Waals surface area contributed by atoms with E-state index in [1.54, 1.807) is 24.3 Å². The Balaban J connectivity index is 2.06. The highest BCUT2D eigenvalue weighted by Crippen LogP contribution is 2.40. The van der Waals surface area contributed by atoms with E-state index in [4.69, 9.17) is 27.9 Å². The SMILES string of the molecule is COc1cc(C=C2C(=O)Nc3ccc(Cl)cc32)cc(Cl)c1OC(F)F. The van der Waals surface area contributed by atoms with E-state index < -0.39 is 6.61 Å². The molecule has 8 heteroatoms. The number of fused-ring (bicyclic) bond motifs is 1. The molecule has 1 N–H and O–H groups in total. The number of amides is 1. The van der Waals surface area contributed by atoms with E-state index in [2.05, 4.69) is 10.1 Å². The van der Waals surface area contributed by atoms with Gasteiger partial charge in [0.25, 0.3) is 5.91 Å². The van der Waals surface area contributed by atoms with Gasteiger partial charge in [0, 0.05) is 21.8 Å². The number of anilines is 1. The second-order valence-corrected chi connectivity index (χ2v) is 5.96. The first-order valence-corrected chi connectivity index (χ1v) is 7.80. The molecule has 0 radical (unpaired) electrons. The minimum atomic E-state index is -3.04. The van der Waals surface area contributed by atoms with Crippen LogP contribution in [-0.4, -0.2) is 19.6 Å². The van der Waals surface area contributed by atoms with Crippen LogP contribution in [0.15, 0.2) is 30.3 Å². The van der Waals surface area contributed by atoms with Gasteiger partial charge in [0.1, 0.15) is 0 Å². The first-order valence-electron chi connectivity index (χ1n) is 7.04. The predicted molar refractivity (Wildman–Crippen MR) is 92.6 cm³/mol. The zero-order valence-corrected chi connectivity index (χ0v) is 14.3. The van der Waals surface area contributed by atoms with Gasteiger partial charge in [0.05, 0.1) is 12.1 Å². The van der Waals surface area contributed by atoms with Crippen LogP contribution < -0.4 is 14.8 Å². The number of alkyl halides is 2. The number of nitrogens with one attached hydrogen (secondary N) is 1. The standard InChI is InChI=1S/C17H11Cl2F2NO3/c1-24-14-6-8(5-12(19)15(14)25-17(20)21)4-11-10-7-9(18)2-3-13(10)22-16(11)23/h2-7,17H,1H3,(H,22,23). The summed E-state index contributed by atoms with van der Waals surface area (Å²) in [5, 5.41) is 3.15. The monoisotopic (exact) mass is 385 g/mol. The molecule has 1 aliphatic rings. The first kappa shape index (κ1) is 17.5. The molecular formula is C17H11Cl2F2NO3. The summed E-state index contributed by atoms with van der Waals surface area (Å²) in [6, 6.07) is 7.88. The average molecular weight is 386 g/mol. The van der Waals surface area contributed by atoms with Gasteiger partial charge in [0.15, 0.2) is 11.5 Å². The molecular weight excluding hydrogens is 375 g/mol. The van der Waals surface area contributed by atoms with Crippen LogP contribution >= 0.6 is 23.2 Å². The third kappa shape index (κ3) is 3.55. The van der Waals surface area contributed by atoms with Crippen molar-refractivity contribution in [3.63, 3.8) is 0 Å². The predicted octanol–water partition coefficient (Wildman–Crippen LogP) is 5.10. The van der Waals surface area contributed by atoms with Crippen molar-refractivity contribution in [3.8, 4) is 11.5 Å². The molecule has 0 saturated carbocycles. The molecule has 25 heavy (non-hydrogen) atoms. The van der Waals surface area contributed by atoms with E-state index in [0.717, 1.165) is 0 Å². The van der Waals surface area contributed by atoms with Crippen LogP contribution in [0, 0.1) is 0 Å². The molecule has 0 aliphatic carbocycles. The molecule has 0 spiro atoms. The third-order valence-electron chi connectivity index (χ3n) is 3.53. The van der Waals surface area contributed by atoms with Gasteiger partial charge in [-0.05, 0) is 42.0 Å². The van der Waals surface area contributed by atoms with Crippen molar-refractivity contribution >= 4 is 46.4 Å². The van der Waals surface area contributed by atoms with Gasteiger partial charge in [-0.3, -0.25) is 4.79 Å². The second-order valence-electron chi connectivity index (χ2n) is 5.11. The second kappa shape index (κ2) is 6.90. The summed E-state index contributed by atoms with van der Waals surface area (Å²) < 4.78 is 34.4. The van der Waals surface area contributed by atoms with Crippen molar-refractivity contribution in [2.75, 3.05) is 12.4 Å². The van der Waals surface area contributed by atoms with Gasteiger partial charge < -0.3 is 14.8 Å². The number of carbonyl (C=O) groups excluding carboxylic acids is 1. The molecule has 2 aromatic carbocycles. The van der Waals surface area contributed by atoms with Crippen LogP contribution in [0.1, 0.15) is 11.1 Å². The Morgan fingerprint density at radius 1 is 1.20 bits per heavy atom. The number of methoxy groups -OCH3 is 1. The van der Waals surface area contributed by atoms with E-state index in [-0.39, 0.29) is 22.4 Å². The Morgan fingerprint density at radius 2 is 1.96 bits per heavy atom. The number of carbonyl (C=O) groups is 1. The van der Waals surface area contributed by atoms with Crippen molar-refractivity contribution in [3.05, 3.63) is 51.5 Å². The van der Waals surface area contributed by atoms with Crippen LogP contribution in [-0.2, 0) is 4.79 Å². The Labute approximate surface area is 151 Å². The Morgan fingerprint density at radius 3 is 2.64 bits per heavy atom. The minimum Gasteiger partial charge on any atom is -0.493 e. The highest BCUT2D eigenvalue weighted by Gasteiger charge is 2.25. The number of hydrogen-bond acceptors (Lipinski definition) is 3. The van der Waals surface area contributed by atoms with Gasteiger partial charge in [-0.2, -0.15) is 8.78 Å². The molecule has 1 amide bonds. The van der Waals surface area contributed by atoms with Crippen LogP contribution in [0.4, 0.5) is 14.5 Å². The van der Waals surface area contributed by atoms with E-state index >= 15 is 0 Å². The normalized spacial score (nSPS) is 14.6. The van der Waals surface area contributed by atoms with Crippen molar-refractivity contribution in [2.24, 2.45) is 0 Å². The molecule has 1 heterocycles. The summed E-state index contributed by atoms with van der Waals surface area (Å²) in [5.74, 6) is -0.537. The summed E-state index contributed by atoms with van der Waals surface area (Å²) in [6.07, 6.45) is 1.57. The highest BCUT2D eigenvalue weighted by molar-refractivity contribution is 6.37. The summed E-state index contributed by atoms with van der Waals surface area (Å²) in [6.45, 7) is -3.04. The number of hydrogen-bond donors (Lipinski definition) is 1. The Kier molecular flexibility index (Phi) is 4.83. The maximum Gasteiger partial charge on any atom is 0.387 e. The van der Waals surface area contributed by atoms with Crippen LogP contribution in [0.25, 0.3) is 11.6 Å². The lowest BCUT2D eigenvalue weighted by Gasteiger charge is -2.12. The van der Waals surface area contributed by atoms with Gasteiger partial charge in [-0.25, -0.2) is 0 Å². The summed E-state index contributed by atoms with van der Waals surface area (Å²) >= 11 is 12.0. The van der Waals surface area contributed by atoms with Crippen molar-refractivity contribution in [2.45, 2.75) is 6.61 Å². The number of rotatable bonds is 4. The number of ether oxygens (including phenoxy) is 2. The molecule has 2 aromatic rings. The molecule has 130 valence electrons. The van der Waals surface area contributed by atoms with E-state index in [9.17, 15) is 13.6 Å². The molecule has 0 bridgehead atoms. The van der Waals surface area contributed by atoms with Gasteiger partial charge in [-0.15, -0.1) is 0 Å². The van der Waals surface area contributed by atoms with E-state index in [1.807, 2.05) is 0 Å². The Bertz CT molecular complexity index is 884. The number of halogens is 4. The average Bonchev–Trinajstić information content (AvgIpc) is 2.85.